The molecule has 0 fully saturated rings. The number of benzene rings is 2. The molecule has 2 nitrogen and oxygen atoms in total. The topological polar surface area (TPSA) is 8.81 Å². The molecule has 2 aromatic carbocycles. The van der Waals surface area contributed by atoms with E-state index in [4.69, 9.17) is 11.6 Å². The van der Waals surface area contributed by atoms with E-state index in [9.17, 15) is 0 Å². The number of nitrogens with zero attached hydrogens (tertiary/aromatic N) is 2. The zero-order valence-electron chi connectivity index (χ0n) is 13.3. The van der Waals surface area contributed by atoms with Crippen LogP contribution in [0.15, 0.2) is 54.7 Å². The van der Waals surface area contributed by atoms with E-state index in [1.54, 1.807) is 0 Å². The fourth-order valence-electron chi connectivity index (χ4n) is 3.50. The molecule has 0 amide bonds. The minimum Gasteiger partial charge on any atom is -0.229 e. The van der Waals surface area contributed by atoms with Crippen LogP contribution in [0.5, 0.6) is 0 Å². The molecule has 116 valence electrons. The largest absolute Gasteiger partial charge is 0.257 e. The fraction of sp³-hybridized carbons (Fsp3) is 0.250. The number of rotatable bonds is 3. The first-order valence-electron chi connectivity index (χ1n) is 8.14. The summed E-state index contributed by atoms with van der Waals surface area (Å²) in [6.45, 7) is 4.19. The van der Waals surface area contributed by atoms with Crippen LogP contribution in [0.4, 0.5) is 0 Å². The lowest BCUT2D eigenvalue weighted by Gasteiger charge is -2.01. The molecule has 3 aromatic rings. The van der Waals surface area contributed by atoms with Crippen molar-refractivity contribution >= 4 is 11.6 Å². The van der Waals surface area contributed by atoms with Crippen LogP contribution in [-0.4, -0.2) is 4.57 Å². The summed E-state index contributed by atoms with van der Waals surface area (Å²) in [4.78, 5) is 0. The van der Waals surface area contributed by atoms with Crippen LogP contribution >= 0.6 is 11.6 Å². The van der Waals surface area contributed by atoms with Crippen LogP contribution < -0.4 is 4.57 Å². The van der Waals surface area contributed by atoms with Gasteiger partial charge in [0.2, 0.25) is 0 Å². The van der Waals surface area contributed by atoms with Crippen molar-refractivity contribution in [3.8, 4) is 11.3 Å². The van der Waals surface area contributed by atoms with Crippen LogP contribution in [0.25, 0.3) is 11.3 Å². The Morgan fingerprint density at radius 1 is 1.13 bits per heavy atom. The van der Waals surface area contributed by atoms with Crippen molar-refractivity contribution in [2.45, 2.75) is 32.9 Å². The van der Waals surface area contributed by atoms with Gasteiger partial charge in [0.25, 0.3) is 5.82 Å². The molecule has 0 bridgehead atoms. The second-order valence-electron chi connectivity index (χ2n) is 6.31. The van der Waals surface area contributed by atoms with Gasteiger partial charge in [-0.15, -0.1) is 0 Å². The molecule has 1 aliphatic rings. The highest BCUT2D eigenvalue weighted by atomic mass is 35.5. The lowest BCUT2D eigenvalue weighted by molar-refractivity contribution is -0.694. The summed E-state index contributed by atoms with van der Waals surface area (Å²) in [7, 11) is 0. The molecule has 0 atom stereocenters. The first kappa shape index (κ1) is 14.5. The number of fused-ring (bicyclic) bond motifs is 1. The third-order valence-electron chi connectivity index (χ3n) is 4.57. The van der Waals surface area contributed by atoms with Gasteiger partial charge in [-0.2, -0.15) is 0 Å². The first-order valence-corrected chi connectivity index (χ1v) is 8.52. The Hall–Kier alpha value is -2.06. The molecule has 23 heavy (non-hydrogen) atoms. The summed E-state index contributed by atoms with van der Waals surface area (Å²) in [5, 5.41) is 0.787. The quantitative estimate of drug-likeness (QED) is 0.632. The van der Waals surface area contributed by atoms with Gasteiger partial charge in [0.1, 0.15) is 12.7 Å². The number of halogens is 1. The Balaban J connectivity index is 1.74. The zero-order chi connectivity index (χ0) is 15.8. The fourth-order valence-corrected chi connectivity index (χ4v) is 3.63. The van der Waals surface area contributed by atoms with Gasteiger partial charge in [0, 0.05) is 10.6 Å². The SMILES string of the molecule is Cc1cccc(C[n+]2cc(-c3ccc(Cl)cc3)n3c2CCC3)c1. The van der Waals surface area contributed by atoms with Crippen molar-refractivity contribution in [1.82, 2.24) is 4.57 Å². The Kier molecular flexibility index (Phi) is 3.70. The summed E-state index contributed by atoms with van der Waals surface area (Å²) in [6, 6.07) is 16.9. The predicted octanol–water partition coefficient (Wildman–Crippen LogP) is 4.40. The molecule has 0 unspecified atom stereocenters. The minimum absolute atomic E-state index is 0.787. The minimum atomic E-state index is 0.787. The average Bonchev–Trinajstić information content (AvgIpc) is 3.12. The zero-order valence-corrected chi connectivity index (χ0v) is 14.1. The highest BCUT2D eigenvalue weighted by molar-refractivity contribution is 6.30. The Labute approximate surface area is 142 Å². The van der Waals surface area contributed by atoms with E-state index in [-0.39, 0.29) is 0 Å². The molecule has 1 aliphatic heterocycles. The summed E-state index contributed by atoms with van der Waals surface area (Å²) in [5.74, 6) is 1.43. The third-order valence-corrected chi connectivity index (χ3v) is 4.82. The second kappa shape index (κ2) is 5.86. The lowest BCUT2D eigenvalue weighted by atomic mass is 10.1. The number of hydrogen-bond acceptors (Lipinski definition) is 0. The Morgan fingerprint density at radius 3 is 2.74 bits per heavy atom. The van der Waals surface area contributed by atoms with Gasteiger partial charge < -0.3 is 0 Å². The summed E-state index contributed by atoms with van der Waals surface area (Å²) >= 11 is 6.03. The molecule has 3 heteroatoms. The van der Waals surface area contributed by atoms with Crippen molar-refractivity contribution in [3.63, 3.8) is 0 Å². The maximum atomic E-state index is 6.03. The van der Waals surface area contributed by atoms with Crippen LogP contribution in [0.2, 0.25) is 5.02 Å². The van der Waals surface area contributed by atoms with Gasteiger partial charge in [0.05, 0.1) is 13.0 Å². The van der Waals surface area contributed by atoms with Crippen molar-refractivity contribution in [1.29, 1.82) is 0 Å². The molecule has 2 heterocycles. The van der Waals surface area contributed by atoms with E-state index >= 15 is 0 Å². The highest BCUT2D eigenvalue weighted by Crippen LogP contribution is 2.26. The maximum absolute atomic E-state index is 6.03. The van der Waals surface area contributed by atoms with Gasteiger partial charge in [-0.3, -0.25) is 0 Å². The Bertz CT molecular complexity index is 847. The van der Waals surface area contributed by atoms with E-state index in [0.717, 1.165) is 24.5 Å². The summed E-state index contributed by atoms with van der Waals surface area (Å²) in [5.41, 5.74) is 5.21. The van der Waals surface area contributed by atoms with Crippen LogP contribution in [0.3, 0.4) is 0 Å². The highest BCUT2D eigenvalue weighted by Gasteiger charge is 2.28. The van der Waals surface area contributed by atoms with Gasteiger partial charge in [0.15, 0.2) is 5.69 Å². The average molecular weight is 324 g/mol. The van der Waals surface area contributed by atoms with Gasteiger partial charge in [-0.25, -0.2) is 9.13 Å². The molecule has 0 saturated heterocycles. The molecule has 0 spiro atoms. The van der Waals surface area contributed by atoms with Crippen molar-refractivity contribution in [2.75, 3.05) is 0 Å². The number of imidazole rings is 1. The maximum Gasteiger partial charge on any atom is 0.257 e. The lowest BCUT2D eigenvalue weighted by Crippen LogP contribution is -2.36. The van der Waals surface area contributed by atoms with Gasteiger partial charge in [-0.05, 0) is 43.2 Å². The molecule has 4 rings (SSSR count). The van der Waals surface area contributed by atoms with Crippen LogP contribution in [-0.2, 0) is 19.5 Å². The van der Waals surface area contributed by atoms with Crippen molar-refractivity contribution in [2.24, 2.45) is 0 Å². The second-order valence-corrected chi connectivity index (χ2v) is 6.75. The molecule has 0 radical (unpaired) electrons. The number of hydrogen-bond donors (Lipinski definition) is 0. The van der Waals surface area contributed by atoms with E-state index in [2.05, 4.69) is 58.7 Å². The van der Waals surface area contributed by atoms with Crippen molar-refractivity contribution < 1.29 is 4.57 Å². The Morgan fingerprint density at radius 2 is 1.96 bits per heavy atom. The van der Waals surface area contributed by atoms with E-state index in [0.29, 0.717) is 0 Å². The normalized spacial score (nSPS) is 13.3. The summed E-state index contributed by atoms with van der Waals surface area (Å²) < 4.78 is 4.87. The van der Waals surface area contributed by atoms with Crippen LogP contribution in [0.1, 0.15) is 23.4 Å². The van der Waals surface area contributed by atoms with Crippen molar-refractivity contribution in [3.05, 3.63) is 76.7 Å². The monoisotopic (exact) mass is 323 g/mol. The van der Waals surface area contributed by atoms with E-state index in [1.807, 2.05) is 12.1 Å². The predicted molar refractivity (Wildman–Crippen MR) is 93.7 cm³/mol. The van der Waals surface area contributed by atoms with Crippen LogP contribution in [0, 0.1) is 6.92 Å². The van der Waals surface area contributed by atoms with E-state index in [1.165, 1.54) is 34.6 Å². The number of aryl methyl sites for hydroxylation is 1. The molecule has 0 N–H and O–H groups in total. The van der Waals surface area contributed by atoms with Gasteiger partial charge in [-0.1, -0.05) is 41.4 Å². The van der Waals surface area contributed by atoms with Gasteiger partial charge >= 0.3 is 0 Å². The van der Waals surface area contributed by atoms with E-state index < -0.39 is 0 Å². The molecule has 0 aliphatic carbocycles. The number of aromatic nitrogens is 2. The smallest absolute Gasteiger partial charge is 0.229 e. The molecular weight excluding hydrogens is 304 g/mol. The molecule has 1 aromatic heterocycles. The first-order chi connectivity index (χ1) is 11.2. The molecular formula is C20H20ClN2+. The third kappa shape index (κ3) is 2.79. The standard InChI is InChI=1S/C20H20ClN2/c1-15-4-2-5-16(12-15)13-22-14-19(23-11-3-6-20(22)23)17-7-9-18(21)10-8-17/h2,4-5,7-10,12,14H,3,6,11,13H2,1H3/q+1. The molecule has 0 saturated carbocycles. The summed E-state index contributed by atoms with van der Waals surface area (Å²) in [6.07, 6.45) is 4.67.